The molecule has 1 fully saturated rings. The van der Waals surface area contributed by atoms with Gasteiger partial charge >= 0.3 is 5.82 Å². The van der Waals surface area contributed by atoms with Gasteiger partial charge in [-0.3, -0.25) is 4.79 Å². The molecule has 7 heteroatoms. The number of nitrogens with one attached hydrogen (secondary N) is 1. The van der Waals surface area contributed by atoms with Gasteiger partial charge in [0.25, 0.3) is 5.91 Å². The van der Waals surface area contributed by atoms with Gasteiger partial charge in [0.15, 0.2) is 11.9 Å². The molecule has 2 aromatic rings. The molecule has 1 amide bonds. The minimum Gasteiger partial charge on any atom is -0.453 e. The minimum absolute atomic E-state index is 0.0916. The summed E-state index contributed by atoms with van der Waals surface area (Å²) in [6.45, 7) is 0. The van der Waals surface area contributed by atoms with Gasteiger partial charge in [0.2, 0.25) is 0 Å². The molecule has 0 radical (unpaired) electrons. The van der Waals surface area contributed by atoms with E-state index in [-0.39, 0.29) is 11.7 Å². The van der Waals surface area contributed by atoms with Crippen molar-refractivity contribution in [2.45, 2.75) is 18.9 Å². The molecule has 22 heavy (non-hydrogen) atoms. The highest BCUT2D eigenvalue weighted by Crippen LogP contribution is 2.23. The van der Waals surface area contributed by atoms with Crippen molar-refractivity contribution in [2.24, 2.45) is 0 Å². The number of pyridine rings is 1. The summed E-state index contributed by atoms with van der Waals surface area (Å²) in [5.41, 5.74) is 0.570. The molecule has 0 bridgehead atoms. The van der Waals surface area contributed by atoms with E-state index in [2.05, 4.69) is 10.3 Å². The highest BCUT2D eigenvalue weighted by atomic mass is 16.6. The molecule has 0 atom stereocenters. The van der Waals surface area contributed by atoms with Gasteiger partial charge in [-0.05, 0) is 53.1 Å². The Morgan fingerprint density at radius 2 is 1.86 bits per heavy atom. The van der Waals surface area contributed by atoms with Crippen LogP contribution in [-0.2, 0) is 0 Å². The van der Waals surface area contributed by atoms with Gasteiger partial charge in [0.05, 0.1) is 0 Å². The van der Waals surface area contributed by atoms with Crippen molar-refractivity contribution in [3.8, 4) is 11.5 Å². The predicted octanol–water partition coefficient (Wildman–Crippen LogP) is 2.67. The lowest BCUT2D eigenvalue weighted by molar-refractivity contribution is -0.389. The highest BCUT2D eigenvalue weighted by molar-refractivity contribution is 5.94. The molecule has 0 saturated heterocycles. The zero-order chi connectivity index (χ0) is 15.5. The number of aromatic nitrogens is 1. The van der Waals surface area contributed by atoms with E-state index in [1.54, 1.807) is 24.3 Å². The van der Waals surface area contributed by atoms with Crippen LogP contribution in [0.25, 0.3) is 0 Å². The van der Waals surface area contributed by atoms with E-state index in [9.17, 15) is 14.9 Å². The third kappa shape index (κ3) is 3.38. The molecular weight excluding hydrogens is 286 g/mol. The van der Waals surface area contributed by atoms with Crippen molar-refractivity contribution in [3.63, 3.8) is 0 Å². The molecule has 1 aromatic heterocycles. The summed E-state index contributed by atoms with van der Waals surface area (Å²) in [6, 6.07) is 9.74. The highest BCUT2D eigenvalue weighted by Gasteiger charge is 2.23. The summed E-state index contributed by atoms with van der Waals surface area (Å²) in [5.74, 6) is 0.588. The van der Waals surface area contributed by atoms with E-state index < -0.39 is 4.92 Å². The molecule has 1 saturated carbocycles. The van der Waals surface area contributed by atoms with E-state index in [0.717, 1.165) is 12.8 Å². The number of nitro groups is 1. The number of hydrogen-bond acceptors (Lipinski definition) is 5. The SMILES string of the molecule is O=C(NC1CC1)c1ccc(Oc2ccc([N+](=O)[O-])nc2)cc1. The molecular formula is C15H13N3O4. The Kier molecular flexibility index (Phi) is 3.69. The number of hydrogen-bond donors (Lipinski definition) is 1. The largest absolute Gasteiger partial charge is 0.453 e. The topological polar surface area (TPSA) is 94.4 Å². The second-order valence-corrected chi connectivity index (χ2v) is 4.98. The molecule has 3 rings (SSSR count). The molecule has 1 N–H and O–H groups in total. The van der Waals surface area contributed by atoms with Crippen LogP contribution in [0.5, 0.6) is 11.5 Å². The number of nitrogens with zero attached hydrogens (tertiary/aromatic N) is 2. The Labute approximate surface area is 126 Å². The van der Waals surface area contributed by atoms with Crippen LogP contribution in [0.1, 0.15) is 23.2 Å². The van der Waals surface area contributed by atoms with Crippen LogP contribution in [0.4, 0.5) is 5.82 Å². The quantitative estimate of drug-likeness (QED) is 0.676. The fourth-order valence-electron chi connectivity index (χ4n) is 1.85. The van der Waals surface area contributed by atoms with Gasteiger partial charge in [-0.15, -0.1) is 0 Å². The first-order valence-electron chi connectivity index (χ1n) is 6.81. The zero-order valence-electron chi connectivity index (χ0n) is 11.6. The van der Waals surface area contributed by atoms with Gasteiger partial charge in [0, 0.05) is 17.7 Å². The standard InChI is InChI=1S/C15H13N3O4/c19-15(17-11-3-4-11)10-1-5-12(6-2-10)22-13-7-8-14(16-9-13)18(20)21/h1-2,5-9,11H,3-4H2,(H,17,19). The second-order valence-electron chi connectivity index (χ2n) is 4.98. The first kappa shape index (κ1) is 14.0. The Morgan fingerprint density at radius 3 is 2.41 bits per heavy atom. The van der Waals surface area contributed by atoms with Gasteiger partial charge in [0.1, 0.15) is 5.75 Å². The van der Waals surface area contributed by atoms with Crippen molar-refractivity contribution in [1.82, 2.24) is 10.3 Å². The van der Waals surface area contributed by atoms with Crippen molar-refractivity contribution < 1.29 is 14.5 Å². The van der Waals surface area contributed by atoms with Crippen LogP contribution >= 0.6 is 0 Å². The van der Waals surface area contributed by atoms with Gasteiger partial charge in [-0.2, -0.15) is 0 Å². The number of rotatable bonds is 5. The molecule has 1 aliphatic carbocycles. The maximum Gasteiger partial charge on any atom is 0.363 e. The molecule has 112 valence electrons. The Bertz CT molecular complexity index is 694. The van der Waals surface area contributed by atoms with E-state index in [1.807, 2.05) is 0 Å². The monoisotopic (exact) mass is 299 g/mol. The lowest BCUT2D eigenvalue weighted by Crippen LogP contribution is -2.25. The summed E-state index contributed by atoms with van der Waals surface area (Å²) in [4.78, 5) is 25.5. The van der Waals surface area contributed by atoms with Crippen molar-refractivity contribution in [3.05, 3.63) is 58.3 Å². The van der Waals surface area contributed by atoms with Crippen LogP contribution in [-0.4, -0.2) is 21.9 Å². The van der Waals surface area contributed by atoms with E-state index >= 15 is 0 Å². The van der Waals surface area contributed by atoms with Crippen molar-refractivity contribution in [1.29, 1.82) is 0 Å². The molecule has 0 unspecified atom stereocenters. The first-order valence-corrected chi connectivity index (χ1v) is 6.81. The van der Waals surface area contributed by atoms with Gasteiger partial charge in [-0.1, -0.05) is 0 Å². The maximum atomic E-state index is 11.8. The lowest BCUT2D eigenvalue weighted by Gasteiger charge is -2.06. The predicted molar refractivity (Wildman–Crippen MR) is 77.9 cm³/mol. The molecule has 0 spiro atoms. The molecule has 0 aliphatic heterocycles. The number of benzene rings is 1. The minimum atomic E-state index is -0.572. The Hall–Kier alpha value is -2.96. The maximum absolute atomic E-state index is 11.8. The molecule has 1 heterocycles. The first-order chi connectivity index (χ1) is 10.6. The third-order valence-electron chi connectivity index (χ3n) is 3.17. The van der Waals surface area contributed by atoms with E-state index in [4.69, 9.17) is 4.74 Å². The zero-order valence-corrected chi connectivity index (χ0v) is 11.6. The van der Waals surface area contributed by atoms with Crippen LogP contribution < -0.4 is 10.1 Å². The van der Waals surface area contributed by atoms with Gasteiger partial charge in [-0.25, -0.2) is 0 Å². The van der Waals surface area contributed by atoms with Crippen LogP contribution in [0.3, 0.4) is 0 Å². The number of carbonyl (C=O) groups is 1. The average Bonchev–Trinajstić information content (AvgIpc) is 3.32. The summed E-state index contributed by atoms with van der Waals surface area (Å²) >= 11 is 0. The smallest absolute Gasteiger partial charge is 0.363 e. The van der Waals surface area contributed by atoms with Crippen molar-refractivity contribution >= 4 is 11.7 Å². The molecule has 1 aliphatic rings. The summed E-state index contributed by atoms with van der Waals surface area (Å²) < 4.78 is 5.52. The second kappa shape index (κ2) is 5.80. The van der Waals surface area contributed by atoms with Crippen LogP contribution in [0, 0.1) is 10.1 Å². The summed E-state index contributed by atoms with van der Waals surface area (Å²) in [6.07, 6.45) is 3.37. The number of amides is 1. The average molecular weight is 299 g/mol. The normalized spacial score (nSPS) is 13.5. The Balaban J connectivity index is 1.64. The van der Waals surface area contributed by atoms with E-state index in [1.165, 1.54) is 18.3 Å². The fourth-order valence-corrected chi connectivity index (χ4v) is 1.85. The number of carbonyl (C=O) groups excluding carboxylic acids is 1. The van der Waals surface area contributed by atoms with E-state index in [0.29, 0.717) is 23.1 Å². The number of ether oxygens (including phenoxy) is 1. The fraction of sp³-hybridized carbons (Fsp3) is 0.200. The van der Waals surface area contributed by atoms with Crippen molar-refractivity contribution in [2.75, 3.05) is 0 Å². The third-order valence-corrected chi connectivity index (χ3v) is 3.17. The molecule has 7 nitrogen and oxygen atoms in total. The molecule has 1 aromatic carbocycles. The Morgan fingerprint density at radius 1 is 1.18 bits per heavy atom. The summed E-state index contributed by atoms with van der Waals surface area (Å²) in [5, 5.41) is 13.4. The van der Waals surface area contributed by atoms with Crippen LogP contribution in [0.2, 0.25) is 0 Å². The van der Waals surface area contributed by atoms with Crippen LogP contribution in [0.15, 0.2) is 42.6 Å². The lowest BCUT2D eigenvalue weighted by atomic mass is 10.2. The van der Waals surface area contributed by atoms with Gasteiger partial charge < -0.3 is 20.2 Å². The summed E-state index contributed by atoms with van der Waals surface area (Å²) in [7, 11) is 0.